The summed E-state index contributed by atoms with van der Waals surface area (Å²) in [5, 5.41) is 6.18. The molecule has 1 heterocycles. The first-order valence-corrected chi connectivity index (χ1v) is 19.0. The van der Waals surface area contributed by atoms with E-state index in [0.29, 0.717) is 0 Å². The molecule has 9 aromatic rings. The fourth-order valence-corrected chi connectivity index (χ4v) is 10.5. The number of rotatable bonds is 5. The average Bonchev–Trinajstić information content (AvgIpc) is 3.83. The summed E-state index contributed by atoms with van der Waals surface area (Å²) in [6.45, 7) is 8.30. The molecule has 0 fully saturated rings. The maximum atomic E-state index is 4.20. The molecule has 2 aliphatic rings. The van der Waals surface area contributed by atoms with Gasteiger partial charge >= 0.3 is 0 Å². The predicted molar refractivity (Wildman–Crippen MR) is 228 cm³/mol. The predicted octanol–water partition coefficient (Wildman–Crippen LogP) is 14.3. The first-order valence-electron chi connectivity index (χ1n) is 18.2. The molecule has 0 radical (unpaired) electrons. The van der Waals surface area contributed by atoms with Gasteiger partial charge in [-0.25, -0.2) is 0 Å². The minimum atomic E-state index is -0.491. The monoisotopic (exact) mass is 691 g/mol. The molecule has 0 N–H and O–H groups in total. The molecule has 0 saturated heterocycles. The highest BCUT2D eigenvalue weighted by Gasteiger charge is 2.52. The third-order valence-corrected chi connectivity index (χ3v) is 12.8. The van der Waals surface area contributed by atoms with Gasteiger partial charge in [-0.3, -0.25) is 0 Å². The number of hydrogen-bond acceptors (Lipinski definition) is 2. The van der Waals surface area contributed by atoms with Gasteiger partial charge in [0.05, 0.1) is 11.1 Å². The minimum absolute atomic E-state index is 0.491. The highest BCUT2D eigenvalue weighted by Crippen LogP contribution is 2.65. The first-order chi connectivity index (χ1) is 26.2. The quantitative estimate of drug-likeness (QED) is 0.174. The number of nitrogens with zero attached hydrogens (tertiary/aromatic N) is 1. The Kier molecular flexibility index (Phi) is 6.41. The van der Waals surface area contributed by atoms with Gasteiger partial charge in [0.15, 0.2) is 0 Å². The minimum Gasteiger partial charge on any atom is -0.310 e. The summed E-state index contributed by atoms with van der Waals surface area (Å²) < 4.78 is 1.23. The van der Waals surface area contributed by atoms with Crippen LogP contribution in [0, 0.1) is 0 Å². The zero-order valence-corrected chi connectivity index (χ0v) is 29.8. The van der Waals surface area contributed by atoms with Crippen LogP contribution in [0.25, 0.3) is 66.0 Å². The smallest absolute Gasteiger partial charge is 0.0726 e. The van der Waals surface area contributed by atoms with Crippen molar-refractivity contribution in [3.05, 3.63) is 210 Å². The van der Waals surface area contributed by atoms with Crippen molar-refractivity contribution in [1.82, 2.24) is 0 Å². The SMILES string of the molecule is C=Cc1sc2ccc(N(c3ccccc3)c3cc4c(c5ccccc35)-c3cc5ccccc5cc3C43c4ccccc4-c4ccccc43)cc2c1C=C. The normalized spacial score (nSPS) is 13.2. The Balaban J connectivity index is 1.30. The Labute approximate surface area is 313 Å². The van der Waals surface area contributed by atoms with E-state index in [4.69, 9.17) is 0 Å². The molecular formula is C51H33NS. The Morgan fingerprint density at radius 3 is 1.83 bits per heavy atom. The lowest BCUT2D eigenvalue weighted by atomic mass is 9.70. The summed E-state index contributed by atoms with van der Waals surface area (Å²) >= 11 is 1.76. The standard InChI is InChI=1S/C51H33NS/c1-3-36-41-30-35(26-27-49(41)53-48(36)4-2)52(34-18-6-5-7-19-34)47-31-46-50(40-23-11-10-22-39(40)47)42-28-32-16-8-9-17-33(32)29-45(42)51(46)43-24-14-12-20-37(43)38-21-13-15-25-44(38)51/h3-31H,1-2H2. The van der Waals surface area contributed by atoms with E-state index >= 15 is 0 Å². The molecule has 1 spiro atoms. The molecule has 0 bridgehead atoms. The van der Waals surface area contributed by atoms with Gasteiger partial charge in [0.25, 0.3) is 0 Å². The van der Waals surface area contributed by atoms with Gasteiger partial charge in [0.1, 0.15) is 0 Å². The lowest BCUT2D eigenvalue weighted by Gasteiger charge is -2.33. The topological polar surface area (TPSA) is 3.24 Å². The van der Waals surface area contributed by atoms with Crippen molar-refractivity contribution in [1.29, 1.82) is 0 Å². The Morgan fingerprint density at radius 1 is 0.472 bits per heavy atom. The van der Waals surface area contributed by atoms with Crippen molar-refractivity contribution >= 4 is 72.2 Å². The van der Waals surface area contributed by atoms with Gasteiger partial charge in [-0.05, 0) is 115 Å². The van der Waals surface area contributed by atoms with Crippen LogP contribution in [-0.4, -0.2) is 0 Å². The maximum Gasteiger partial charge on any atom is 0.0726 e. The molecule has 1 nitrogen and oxygen atoms in total. The molecule has 0 aliphatic heterocycles. The summed E-state index contributed by atoms with van der Waals surface area (Å²) in [7, 11) is 0. The second-order valence-electron chi connectivity index (χ2n) is 14.1. The number of thiophene rings is 1. The molecule has 0 amide bonds. The lowest BCUT2D eigenvalue weighted by Crippen LogP contribution is -2.26. The van der Waals surface area contributed by atoms with Crippen molar-refractivity contribution < 1.29 is 0 Å². The van der Waals surface area contributed by atoms with Crippen LogP contribution < -0.4 is 4.90 Å². The van der Waals surface area contributed by atoms with Crippen LogP contribution in [0.4, 0.5) is 17.1 Å². The van der Waals surface area contributed by atoms with E-state index in [2.05, 4.69) is 182 Å². The molecule has 0 unspecified atom stereocenters. The second-order valence-corrected chi connectivity index (χ2v) is 15.2. The van der Waals surface area contributed by atoms with E-state index in [0.717, 1.165) is 27.5 Å². The van der Waals surface area contributed by atoms with E-state index in [1.807, 2.05) is 12.2 Å². The third-order valence-electron chi connectivity index (χ3n) is 11.6. The summed E-state index contributed by atoms with van der Waals surface area (Å²) in [4.78, 5) is 3.60. The lowest BCUT2D eigenvalue weighted by molar-refractivity contribution is 0.795. The maximum absolute atomic E-state index is 4.20. The van der Waals surface area contributed by atoms with Crippen LogP contribution in [0.15, 0.2) is 177 Å². The molecule has 2 aliphatic carbocycles. The van der Waals surface area contributed by atoms with Crippen LogP contribution in [-0.2, 0) is 5.41 Å². The summed E-state index contributed by atoms with van der Waals surface area (Å²) in [6.07, 6.45) is 3.92. The fraction of sp³-hybridized carbons (Fsp3) is 0.0196. The van der Waals surface area contributed by atoms with Crippen LogP contribution in [0.2, 0.25) is 0 Å². The van der Waals surface area contributed by atoms with Crippen LogP contribution >= 0.6 is 11.3 Å². The Bertz CT molecular complexity index is 2950. The zero-order valence-electron chi connectivity index (χ0n) is 29.0. The van der Waals surface area contributed by atoms with Crippen molar-refractivity contribution in [2.75, 3.05) is 4.90 Å². The van der Waals surface area contributed by atoms with Gasteiger partial charge in [0, 0.05) is 31.7 Å². The number of anilines is 3. The first kappa shape index (κ1) is 30.2. The summed E-state index contributed by atoms with van der Waals surface area (Å²) in [5.41, 5.74) is 14.6. The Morgan fingerprint density at radius 2 is 1.11 bits per heavy atom. The van der Waals surface area contributed by atoms with E-state index < -0.39 is 5.41 Å². The summed E-state index contributed by atoms with van der Waals surface area (Å²) in [6, 6.07) is 61.1. The van der Waals surface area contributed by atoms with E-state index in [1.165, 1.54) is 76.1 Å². The molecule has 53 heavy (non-hydrogen) atoms. The number of hydrogen-bond donors (Lipinski definition) is 0. The third kappa shape index (κ3) is 4.02. The van der Waals surface area contributed by atoms with Gasteiger partial charge in [-0.2, -0.15) is 0 Å². The molecular weight excluding hydrogens is 659 g/mol. The van der Waals surface area contributed by atoms with Crippen LogP contribution in [0.1, 0.15) is 32.7 Å². The zero-order chi connectivity index (χ0) is 35.3. The van der Waals surface area contributed by atoms with Crippen molar-refractivity contribution in [2.45, 2.75) is 5.41 Å². The number of para-hydroxylation sites is 1. The van der Waals surface area contributed by atoms with Gasteiger partial charge in [0.2, 0.25) is 0 Å². The molecule has 1 aromatic heterocycles. The van der Waals surface area contributed by atoms with Crippen LogP contribution in [0.3, 0.4) is 0 Å². The van der Waals surface area contributed by atoms with E-state index in [9.17, 15) is 0 Å². The molecule has 11 rings (SSSR count). The van der Waals surface area contributed by atoms with E-state index in [1.54, 1.807) is 11.3 Å². The fourth-order valence-electron chi connectivity index (χ4n) is 9.47. The molecule has 248 valence electrons. The second kappa shape index (κ2) is 11.3. The molecule has 8 aromatic carbocycles. The van der Waals surface area contributed by atoms with Crippen LogP contribution in [0.5, 0.6) is 0 Å². The number of benzene rings is 8. The summed E-state index contributed by atoms with van der Waals surface area (Å²) in [5.74, 6) is 0. The van der Waals surface area contributed by atoms with E-state index in [-0.39, 0.29) is 0 Å². The van der Waals surface area contributed by atoms with Crippen molar-refractivity contribution in [3.63, 3.8) is 0 Å². The Hall–Kier alpha value is -6.48. The number of fused-ring (bicyclic) bond motifs is 14. The molecule has 0 atom stereocenters. The highest BCUT2D eigenvalue weighted by atomic mass is 32.1. The highest BCUT2D eigenvalue weighted by molar-refractivity contribution is 7.20. The molecule has 0 saturated carbocycles. The van der Waals surface area contributed by atoms with Gasteiger partial charge < -0.3 is 4.90 Å². The van der Waals surface area contributed by atoms with Crippen molar-refractivity contribution in [2.24, 2.45) is 0 Å². The molecule has 2 heteroatoms. The van der Waals surface area contributed by atoms with Gasteiger partial charge in [-0.15, -0.1) is 11.3 Å². The largest absolute Gasteiger partial charge is 0.310 e. The van der Waals surface area contributed by atoms with Gasteiger partial charge in [-0.1, -0.05) is 141 Å². The average molecular weight is 692 g/mol. The van der Waals surface area contributed by atoms with Crippen molar-refractivity contribution in [3.8, 4) is 22.3 Å².